The highest BCUT2D eigenvalue weighted by Crippen LogP contribution is 2.20. The first-order chi connectivity index (χ1) is 14.2. The van der Waals surface area contributed by atoms with Gasteiger partial charge in [-0.25, -0.2) is 0 Å². The van der Waals surface area contributed by atoms with E-state index in [1.165, 1.54) is 37.1 Å². The summed E-state index contributed by atoms with van der Waals surface area (Å²) in [6, 6.07) is 17.0. The van der Waals surface area contributed by atoms with E-state index in [0.717, 1.165) is 43.5 Å². The summed E-state index contributed by atoms with van der Waals surface area (Å²) in [5, 5.41) is 0. The van der Waals surface area contributed by atoms with Crippen LogP contribution < -0.4 is 9.47 Å². The Morgan fingerprint density at radius 2 is 1.90 bits per heavy atom. The molecule has 2 aromatic carbocycles. The van der Waals surface area contributed by atoms with Crippen molar-refractivity contribution in [3.05, 3.63) is 59.7 Å². The summed E-state index contributed by atoms with van der Waals surface area (Å²) < 4.78 is 10.9. The number of ether oxygens (including phenoxy) is 2. The molecule has 2 aromatic rings. The summed E-state index contributed by atoms with van der Waals surface area (Å²) in [4.78, 5) is 5.10. The summed E-state index contributed by atoms with van der Waals surface area (Å²) in [5.74, 6) is 2.65. The number of nitrogens with zero attached hydrogens (tertiary/aromatic N) is 2. The molecule has 1 aliphatic heterocycles. The lowest BCUT2D eigenvalue weighted by Gasteiger charge is -2.34. The Morgan fingerprint density at radius 1 is 1.07 bits per heavy atom. The van der Waals surface area contributed by atoms with Crippen LogP contribution in [0.3, 0.4) is 0 Å². The van der Waals surface area contributed by atoms with E-state index in [1.54, 1.807) is 7.11 Å². The first-order valence-corrected chi connectivity index (χ1v) is 10.9. The summed E-state index contributed by atoms with van der Waals surface area (Å²) in [6.45, 7) is 8.45. The van der Waals surface area contributed by atoms with E-state index >= 15 is 0 Å². The molecule has 0 saturated carbocycles. The Hall–Kier alpha value is -2.04. The topological polar surface area (TPSA) is 24.9 Å². The molecule has 3 rings (SSSR count). The SMILES string of the molecule is CCOc1cccc(CN(C)CC2CCCN(CCc3ccc(OC)cc3)C2)c1. The standard InChI is InChI=1S/C25H36N2O2/c1-4-29-25-9-5-7-22(17-25)18-26(2)19-23-8-6-15-27(20-23)16-14-21-10-12-24(28-3)13-11-21/h5,7,9-13,17,23H,4,6,8,14-16,18-20H2,1-3H3. The normalized spacial score (nSPS) is 17.4. The van der Waals surface area contributed by atoms with Crippen molar-refractivity contribution in [2.45, 2.75) is 32.7 Å². The van der Waals surface area contributed by atoms with Crippen LogP contribution in [-0.4, -0.2) is 56.7 Å². The van der Waals surface area contributed by atoms with Crippen molar-refractivity contribution < 1.29 is 9.47 Å². The van der Waals surface area contributed by atoms with Crippen LogP contribution in [0, 0.1) is 5.92 Å². The van der Waals surface area contributed by atoms with Gasteiger partial charge in [0.15, 0.2) is 0 Å². The van der Waals surface area contributed by atoms with Gasteiger partial charge in [0.1, 0.15) is 11.5 Å². The number of likely N-dealkylation sites (tertiary alicyclic amines) is 1. The van der Waals surface area contributed by atoms with Crippen LogP contribution >= 0.6 is 0 Å². The van der Waals surface area contributed by atoms with E-state index < -0.39 is 0 Å². The second-order valence-electron chi connectivity index (χ2n) is 8.18. The minimum absolute atomic E-state index is 0.716. The molecule has 0 aliphatic carbocycles. The molecular weight excluding hydrogens is 360 g/mol. The van der Waals surface area contributed by atoms with Crippen LogP contribution in [0.2, 0.25) is 0 Å². The van der Waals surface area contributed by atoms with Crippen LogP contribution in [-0.2, 0) is 13.0 Å². The van der Waals surface area contributed by atoms with Crippen LogP contribution in [0.5, 0.6) is 11.5 Å². The summed E-state index contributed by atoms with van der Waals surface area (Å²) in [5.41, 5.74) is 2.71. The summed E-state index contributed by atoms with van der Waals surface area (Å²) in [6.07, 6.45) is 3.75. The lowest BCUT2D eigenvalue weighted by molar-refractivity contribution is 0.142. The third-order valence-electron chi connectivity index (χ3n) is 5.71. The smallest absolute Gasteiger partial charge is 0.119 e. The predicted molar refractivity (Wildman–Crippen MR) is 120 cm³/mol. The van der Waals surface area contributed by atoms with E-state index in [2.05, 4.69) is 59.3 Å². The van der Waals surface area contributed by atoms with Gasteiger partial charge in [-0.2, -0.15) is 0 Å². The molecule has 1 saturated heterocycles. The van der Waals surface area contributed by atoms with E-state index in [-0.39, 0.29) is 0 Å². The molecule has 0 bridgehead atoms. The molecular formula is C25H36N2O2. The number of hydrogen-bond donors (Lipinski definition) is 0. The molecule has 158 valence electrons. The van der Waals surface area contributed by atoms with Crippen molar-refractivity contribution in [3.63, 3.8) is 0 Å². The minimum Gasteiger partial charge on any atom is -0.497 e. The van der Waals surface area contributed by atoms with Crippen LogP contribution in [0.15, 0.2) is 48.5 Å². The van der Waals surface area contributed by atoms with Crippen molar-refractivity contribution in [3.8, 4) is 11.5 Å². The van der Waals surface area contributed by atoms with E-state index in [0.29, 0.717) is 6.61 Å². The maximum absolute atomic E-state index is 5.64. The van der Waals surface area contributed by atoms with Crippen molar-refractivity contribution in [2.24, 2.45) is 5.92 Å². The molecule has 1 aliphatic rings. The number of benzene rings is 2. The second kappa shape index (κ2) is 11.2. The maximum Gasteiger partial charge on any atom is 0.119 e. The van der Waals surface area contributed by atoms with Crippen molar-refractivity contribution in [2.75, 3.05) is 46.9 Å². The third kappa shape index (κ3) is 7.06. The molecule has 0 radical (unpaired) electrons. The molecule has 0 aromatic heterocycles. The van der Waals surface area contributed by atoms with Crippen molar-refractivity contribution in [1.82, 2.24) is 9.80 Å². The fourth-order valence-electron chi connectivity index (χ4n) is 4.30. The van der Waals surface area contributed by atoms with Crippen molar-refractivity contribution in [1.29, 1.82) is 0 Å². The highest BCUT2D eigenvalue weighted by molar-refractivity contribution is 5.28. The van der Waals surface area contributed by atoms with Gasteiger partial charge < -0.3 is 19.3 Å². The van der Waals surface area contributed by atoms with Gasteiger partial charge in [-0.1, -0.05) is 24.3 Å². The molecule has 0 N–H and O–H groups in total. The molecule has 0 spiro atoms. The van der Waals surface area contributed by atoms with Gasteiger partial charge in [0.05, 0.1) is 13.7 Å². The zero-order valence-corrected chi connectivity index (χ0v) is 18.3. The average Bonchev–Trinajstić information content (AvgIpc) is 2.73. The molecule has 1 unspecified atom stereocenters. The second-order valence-corrected chi connectivity index (χ2v) is 8.18. The van der Waals surface area contributed by atoms with Gasteiger partial charge in [-0.3, -0.25) is 0 Å². The molecule has 1 atom stereocenters. The van der Waals surface area contributed by atoms with E-state index in [4.69, 9.17) is 9.47 Å². The number of hydrogen-bond acceptors (Lipinski definition) is 4. The molecule has 0 amide bonds. The molecule has 1 fully saturated rings. The molecule has 1 heterocycles. The van der Waals surface area contributed by atoms with Gasteiger partial charge in [-0.05, 0) is 81.1 Å². The van der Waals surface area contributed by atoms with Crippen LogP contribution in [0.1, 0.15) is 30.9 Å². The van der Waals surface area contributed by atoms with Gasteiger partial charge >= 0.3 is 0 Å². The van der Waals surface area contributed by atoms with Crippen LogP contribution in [0.4, 0.5) is 0 Å². The van der Waals surface area contributed by atoms with Crippen LogP contribution in [0.25, 0.3) is 0 Å². The summed E-state index contributed by atoms with van der Waals surface area (Å²) >= 11 is 0. The minimum atomic E-state index is 0.716. The fourth-order valence-corrected chi connectivity index (χ4v) is 4.30. The number of piperidine rings is 1. The molecule has 4 heteroatoms. The Morgan fingerprint density at radius 3 is 2.66 bits per heavy atom. The lowest BCUT2D eigenvalue weighted by atomic mass is 9.97. The van der Waals surface area contributed by atoms with Crippen molar-refractivity contribution >= 4 is 0 Å². The Bertz CT molecular complexity index is 732. The highest BCUT2D eigenvalue weighted by Gasteiger charge is 2.21. The lowest BCUT2D eigenvalue weighted by Crippen LogP contribution is -2.40. The quantitative estimate of drug-likeness (QED) is 0.591. The predicted octanol–water partition coefficient (Wildman–Crippen LogP) is 4.48. The van der Waals surface area contributed by atoms with E-state index in [1.807, 2.05) is 13.0 Å². The largest absolute Gasteiger partial charge is 0.497 e. The molecule has 4 nitrogen and oxygen atoms in total. The van der Waals surface area contributed by atoms with Gasteiger partial charge in [-0.15, -0.1) is 0 Å². The Balaban J connectivity index is 1.44. The van der Waals surface area contributed by atoms with Gasteiger partial charge in [0.2, 0.25) is 0 Å². The zero-order chi connectivity index (χ0) is 20.5. The monoisotopic (exact) mass is 396 g/mol. The highest BCUT2D eigenvalue weighted by atomic mass is 16.5. The summed E-state index contributed by atoms with van der Waals surface area (Å²) in [7, 11) is 3.96. The fraction of sp³-hybridized carbons (Fsp3) is 0.520. The molecule has 29 heavy (non-hydrogen) atoms. The first kappa shape index (κ1) is 21.7. The number of rotatable bonds is 10. The maximum atomic E-state index is 5.64. The Kier molecular flexibility index (Phi) is 8.38. The zero-order valence-electron chi connectivity index (χ0n) is 18.3. The van der Waals surface area contributed by atoms with Gasteiger partial charge in [0, 0.05) is 26.2 Å². The van der Waals surface area contributed by atoms with Gasteiger partial charge in [0.25, 0.3) is 0 Å². The Labute approximate surface area is 176 Å². The third-order valence-corrected chi connectivity index (χ3v) is 5.71. The van der Waals surface area contributed by atoms with E-state index in [9.17, 15) is 0 Å². The average molecular weight is 397 g/mol. The number of methoxy groups -OCH3 is 1. The first-order valence-electron chi connectivity index (χ1n) is 10.9.